The van der Waals surface area contributed by atoms with E-state index in [2.05, 4.69) is 10.1 Å². The summed E-state index contributed by atoms with van der Waals surface area (Å²) < 4.78 is 9.95. The summed E-state index contributed by atoms with van der Waals surface area (Å²) in [7, 11) is 1.30. The molecule has 0 aliphatic carbocycles. The van der Waals surface area contributed by atoms with Crippen molar-refractivity contribution in [2.24, 2.45) is 5.92 Å². The average molecular weight is 245 g/mol. The minimum Gasteiger partial charge on any atom is -0.467 e. The van der Waals surface area contributed by atoms with Crippen LogP contribution in [-0.4, -0.2) is 37.2 Å². The SMILES string of the molecule is COC(=O)[C@@H](NC(=O)COC(C)(C)C)C(C)C. The number of methoxy groups -OCH3 is 1. The van der Waals surface area contributed by atoms with Gasteiger partial charge in [0.2, 0.25) is 5.91 Å². The summed E-state index contributed by atoms with van der Waals surface area (Å²) in [5.74, 6) is -0.783. The normalized spacial score (nSPS) is 13.4. The highest BCUT2D eigenvalue weighted by molar-refractivity contribution is 5.85. The van der Waals surface area contributed by atoms with E-state index in [0.29, 0.717) is 0 Å². The number of rotatable bonds is 5. The number of nitrogens with one attached hydrogen (secondary N) is 1. The average Bonchev–Trinajstić information content (AvgIpc) is 2.20. The molecule has 1 amide bonds. The van der Waals surface area contributed by atoms with Crippen molar-refractivity contribution in [2.45, 2.75) is 46.3 Å². The van der Waals surface area contributed by atoms with Crippen molar-refractivity contribution in [3.05, 3.63) is 0 Å². The first-order valence-corrected chi connectivity index (χ1v) is 5.68. The van der Waals surface area contributed by atoms with E-state index in [1.54, 1.807) is 0 Å². The smallest absolute Gasteiger partial charge is 0.328 e. The van der Waals surface area contributed by atoms with Gasteiger partial charge in [-0.15, -0.1) is 0 Å². The van der Waals surface area contributed by atoms with Crippen LogP contribution in [0.15, 0.2) is 0 Å². The van der Waals surface area contributed by atoms with Crippen LogP contribution in [0.4, 0.5) is 0 Å². The molecule has 100 valence electrons. The van der Waals surface area contributed by atoms with Gasteiger partial charge in [0.05, 0.1) is 12.7 Å². The van der Waals surface area contributed by atoms with Gasteiger partial charge in [0.25, 0.3) is 0 Å². The number of ether oxygens (including phenoxy) is 2. The lowest BCUT2D eigenvalue weighted by Gasteiger charge is -2.22. The van der Waals surface area contributed by atoms with E-state index in [0.717, 1.165) is 0 Å². The van der Waals surface area contributed by atoms with Crippen LogP contribution in [0.2, 0.25) is 0 Å². The molecular formula is C12H23NO4. The number of esters is 1. The summed E-state index contributed by atoms with van der Waals surface area (Å²) in [6, 6.07) is -0.629. The fourth-order valence-electron chi connectivity index (χ4n) is 1.12. The summed E-state index contributed by atoms with van der Waals surface area (Å²) in [5, 5.41) is 2.60. The van der Waals surface area contributed by atoms with Crippen molar-refractivity contribution in [1.29, 1.82) is 0 Å². The molecule has 5 nitrogen and oxygen atoms in total. The molecule has 1 atom stereocenters. The first-order chi connectivity index (χ1) is 7.67. The Balaban J connectivity index is 4.28. The van der Waals surface area contributed by atoms with Crippen LogP contribution in [0.1, 0.15) is 34.6 Å². The molecule has 1 N–H and O–H groups in total. The number of hydrogen-bond donors (Lipinski definition) is 1. The Morgan fingerprint density at radius 1 is 1.24 bits per heavy atom. The second kappa shape index (κ2) is 6.59. The molecule has 0 heterocycles. The molecule has 0 unspecified atom stereocenters. The molecule has 0 aliphatic heterocycles. The van der Waals surface area contributed by atoms with E-state index in [1.807, 2.05) is 34.6 Å². The quantitative estimate of drug-likeness (QED) is 0.737. The van der Waals surface area contributed by atoms with E-state index in [4.69, 9.17) is 4.74 Å². The van der Waals surface area contributed by atoms with E-state index in [1.165, 1.54) is 7.11 Å². The molecule has 0 saturated carbocycles. The van der Waals surface area contributed by atoms with Gasteiger partial charge in [-0.05, 0) is 26.7 Å². The van der Waals surface area contributed by atoms with Crippen LogP contribution in [0, 0.1) is 5.92 Å². The van der Waals surface area contributed by atoms with Gasteiger partial charge in [0, 0.05) is 0 Å². The molecule has 0 rings (SSSR count). The highest BCUT2D eigenvalue weighted by Gasteiger charge is 2.25. The van der Waals surface area contributed by atoms with E-state index >= 15 is 0 Å². The molecule has 0 aromatic heterocycles. The lowest BCUT2D eigenvalue weighted by Crippen LogP contribution is -2.46. The van der Waals surface area contributed by atoms with Gasteiger partial charge in [0.15, 0.2) is 0 Å². The standard InChI is InChI=1S/C12H23NO4/c1-8(2)10(11(15)16-6)13-9(14)7-17-12(3,4)5/h8,10H,7H2,1-6H3,(H,13,14)/t10-/m0/s1. The molecule has 0 radical (unpaired) electrons. The Morgan fingerprint density at radius 2 is 1.76 bits per heavy atom. The first-order valence-electron chi connectivity index (χ1n) is 5.68. The third-order valence-corrected chi connectivity index (χ3v) is 2.07. The van der Waals surface area contributed by atoms with Gasteiger partial charge in [-0.25, -0.2) is 4.79 Å². The third-order valence-electron chi connectivity index (χ3n) is 2.07. The van der Waals surface area contributed by atoms with Crippen molar-refractivity contribution in [3.8, 4) is 0 Å². The zero-order valence-corrected chi connectivity index (χ0v) is 11.5. The maximum atomic E-state index is 11.6. The van der Waals surface area contributed by atoms with Gasteiger partial charge < -0.3 is 14.8 Å². The van der Waals surface area contributed by atoms with Gasteiger partial charge >= 0.3 is 5.97 Å². The van der Waals surface area contributed by atoms with Crippen LogP contribution in [0.3, 0.4) is 0 Å². The largest absolute Gasteiger partial charge is 0.467 e. The Labute approximate surface area is 103 Å². The molecule has 0 fully saturated rings. The number of carbonyl (C=O) groups excluding carboxylic acids is 2. The molecule has 0 aromatic carbocycles. The molecule has 0 spiro atoms. The molecular weight excluding hydrogens is 222 g/mol. The Hall–Kier alpha value is -1.10. The summed E-state index contributed by atoms with van der Waals surface area (Å²) in [5.41, 5.74) is -0.379. The van der Waals surface area contributed by atoms with E-state index < -0.39 is 12.0 Å². The van der Waals surface area contributed by atoms with Gasteiger partial charge in [-0.1, -0.05) is 13.8 Å². The monoisotopic (exact) mass is 245 g/mol. The lowest BCUT2D eigenvalue weighted by molar-refractivity contribution is -0.147. The lowest BCUT2D eigenvalue weighted by atomic mass is 10.0. The first kappa shape index (κ1) is 15.9. The Morgan fingerprint density at radius 3 is 2.12 bits per heavy atom. The van der Waals surface area contributed by atoms with Crippen molar-refractivity contribution < 1.29 is 19.1 Å². The summed E-state index contributed by atoms with van der Waals surface area (Å²) in [6.45, 7) is 9.20. The van der Waals surface area contributed by atoms with Crippen LogP contribution in [-0.2, 0) is 19.1 Å². The predicted molar refractivity (Wildman–Crippen MR) is 64.5 cm³/mol. The second-order valence-electron chi connectivity index (χ2n) is 5.21. The molecule has 0 aliphatic rings. The van der Waals surface area contributed by atoms with Crippen molar-refractivity contribution in [2.75, 3.05) is 13.7 Å². The molecule has 0 bridgehead atoms. The number of hydrogen-bond acceptors (Lipinski definition) is 4. The summed E-state index contributed by atoms with van der Waals surface area (Å²) in [6.07, 6.45) is 0. The van der Waals surface area contributed by atoms with Gasteiger partial charge in [-0.3, -0.25) is 4.79 Å². The Bertz CT molecular complexity index is 268. The summed E-state index contributed by atoms with van der Waals surface area (Å²) >= 11 is 0. The predicted octanol–water partition coefficient (Wildman–Crippen LogP) is 1.12. The van der Waals surface area contributed by atoms with Crippen LogP contribution in [0.5, 0.6) is 0 Å². The maximum absolute atomic E-state index is 11.6. The van der Waals surface area contributed by atoms with Crippen molar-refractivity contribution >= 4 is 11.9 Å². The summed E-state index contributed by atoms with van der Waals surface area (Å²) in [4.78, 5) is 23.0. The van der Waals surface area contributed by atoms with Crippen LogP contribution in [0.25, 0.3) is 0 Å². The molecule has 5 heteroatoms. The highest BCUT2D eigenvalue weighted by atomic mass is 16.5. The van der Waals surface area contributed by atoms with Gasteiger partial charge in [-0.2, -0.15) is 0 Å². The zero-order chi connectivity index (χ0) is 13.6. The molecule has 17 heavy (non-hydrogen) atoms. The molecule has 0 saturated heterocycles. The fourth-order valence-corrected chi connectivity index (χ4v) is 1.12. The Kier molecular flexibility index (Phi) is 6.16. The number of amides is 1. The van der Waals surface area contributed by atoms with Gasteiger partial charge in [0.1, 0.15) is 12.6 Å². The van der Waals surface area contributed by atoms with E-state index in [9.17, 15) is 9.59 Å². The topological polar surface area (TPSA) is 64.6 Å². The molecule has 0 aromatic rings. The number of carbonyl (C=O) groups is 2. The van der Waals surface area contributed by atoms with Crippen molar-refractivity contribution in [1.82, 2.24) is 5.32 Å². The highest BCUT2D eigenvalue weighted by Crippen LogP contribution is 2.07. The minimum atomic E-state index is -0.629. The fraction of sp³-hybridized carbons (Fsp3) is 0.833. The van der Waals surface area contributed by atoms with Crippen LogP contribution < -0.4 is 5.32 Å². The van der Waals surface area contributed by atoms with Crippen LogP contribution >= 0.6 is 0 Å². The minimum absolute atomic E-state index is 0.0268. The van der Waals surface area contributed by atoms with E-state index in [-0.39, 0.29) is 24.0 Å². The van der Waals surface area contributed by atoms with Crippen molar-refractivity contribution in [3.63, 3.8) is 0 Å². The third kappa shape index (κ3) is 6.94. The maximum Gasteiger partial charge on any atom is 0.328 e. The zero-order valence-electron chi connectivity index (χ0n) is 11.5. The second-order valence-corrected chi connectivity index (χ2v) is 5.21.